The van der Waals surface area contributed by atoms with Crippen molar-refractivity contribution >= 4 is 0 Å². The molecule has 0 unspecified atom stereocenters. The van der Waals surface area contributed by atoms with Crippen LogP contribution in [0.25, 0.3) is 11.3 Å². The van der Waals surface area contributed by atoms with E-state index in [1.54, 1.807) is 0 Å². The predicted octanol–water partition coefficient (Wildman–Crippen LogP) is 2.97. The number of likely N-dealkylation sites (tertiary alicyclic amines) is 2. The first kappa shape index (κ1) is 18.7. The van der Waals surface area contributed by atoms with E-state index in [9.17, 15) is 5.11 Å². The molecule has 2 atom stereocenters. The van der Waals surface area contributed by atoms with E-state index < -0.39 is 0 Å². The fraction of sp³-hybridized carbons (Fsp3) is 0.591. The van der Waals surface area contributed by atoms with E-state index in [0.29, 0.717) is 0 Å². The van der Waals surface area contributed by atoms with Gasteiger partial charge in [0.1, 0.15) is 0 Å². The molecule has 1 aromatic carbocycles. The summed E-state index contributed by atoms with van der Waals surface area (Å²) in [6, 6.07) is 6.58. The van der Waals surface area contributed by atoms with Crippen LogP contribution in [0.1, 0.15) is 36.0 Å². The zero-order valence-electron chi connectivity index (χ0n) is 16.8. The molecule has 27 heavy (non-hydrogen) atoms. The fourth-order valence-electron chi connectivity index (χ4n) is 5.08. The second kappa shape index (κ2) is 7.38. The van der Waals surface area contributed by atoms with Gasteiger partial charge in [0, 0.05) is 42.7 Å². The van der Waals surface area contributed by atoms with Gasteiger partial charge in [0.25, 0.3) is 0 Å². The molecule has 2 aliphatic heterocycles. The molecule has 2 fully saturated rings. The Hall–Kier alpha value is -1.69. The summed E-state index contributed by atoms with van der Waals surface area (Å²) >= 11 is 0. The number of aryl methyl sites for hydroxylation is 2. The number of piperidine rings is 2. The Bertz CT molecular complexity index is 801. The van der Waals surface area contributed by atoms with Crippen molar-refractivity contribution in [1.29, 1.82) is 0 Å². The van der Waals surface area contributed by atoms with Crippen molar-refractivity contribution in [3.05, 3.63) is 41.1 Å². The molecule has 4 rings (SSSR count). The molecule has 146 valence electrons. The number of aromatic nitrogens is 2. The maximum absolute atomic E-state index is 10.8. The number of aromatic amines is 1. The summed E-state index contributed by atoms with van der Waals surface area (Å²) in [7, 11) is 2.18. The number of rotatable bonds is 3. The third-order valence-corrected chi connectivity index (χ3v) is 6.54. The predicted molar refractivity (Wildman–Crippen MR) is 109 cm³/mol. The quantitative estimate of drug-likeness (QED) is 0.875. The van der Waals surface area contributed by atoms with Crippen LogP contribution in [0.4, 0.5) is 0 Å². The largest absolute Gasteiger partial charge is 0.392 e. The van der Waals surface area contributed by atoms with E-state index >= 15 is 0 Å². The third-order valence-electron chi connectivity index (χ3n) is 6.54. The van der Waals surface area contributed by atoms with Crippen molar-refractivity contribution in [3.8, 4) is 11.3 Å². The number of benzene rings is 1. The second-order valence-corrected chi connectivity index (χ2v) is 8.81. The normalized spacial score (nSPS) is 27.3. The summed E-state index contributed by atoms with van der Waals surface area (Å²) in [4.78, 5) is 4.90. The summed E-state index contributed by atoms with van der Waals surface area (Å²) in [5.74, 6) is 0. The van der Waals surface area contributed by atoms with E-state index in [2.05, 4.69) is 59.1 Å². The molecule has 3 heterocycles. The monoisotopic (exact) mass is 368 g/mol. The molecular formula is C22H32N4O. The maximum Gasteiger partial charge on any atom is 0.0698 e. The average molecular weight is 369 g/mol. The molecule has 2 N–H and O–H groups in total. The zero-order chi connectivity index (χ0) is 19.0. The van der Waals surface area contributed by atoms with Gasteiger partial charge in [0.2, 0.25) is 0 Å². The molecule has 2 saturated heterocycles. The van der Waals surface area contributed by atoms with Crippen LogP contribution >= 0.6 is 0 Å². The number of hydrogen-bond acceptors (Lipinski definition) is 4. The van der Waals surface area contributed by atoms with Crippen molar-refractivity contribution < 1.29 is 5.11 Å². The van der Waals surface area contributed by atoms with Crippen molar-refractivity contribution in [2.24, 2.45) is 5.41 Å². The van der Waals surface area contributed by atoms with Crippen LogP contribution < -0.4 is 0 Å². The molecule has 0 amide bonds. The lowest BCUT2D eigenvalue weighted by Gasteiger charge is -2.50. The van der Waals surface area contributed by atoms with Crippen LogP contribution in [0, 0.1) is 19.3 Å². The molecule has 0 saturated carbocycles. The second-order valence-electron chi connectivity index (χ2n) is 8.81. The average Bonchev–Trinajstić information content (AvgIpc) is 3.09. The lowest BCUT2D eigenvalue weighted by atomic mass is 9.71. The highest BCUT2D eigenvalue weighted by Gasteiger charge is 2.44. The highest BCUT2D eigenvalue weighted by molar-refractivity contribution is 5.67. The van der Waals surface area contributed by atoms with Gasteiger partial charge < -0.3 is 10.0 Å². The van der Waals surface area contributed by atoms with Crippen LogP contribution in [0.3, 0.4) is 0 Å². The Kier molecular flexibility index (Phi) is 5.10. The molecule has 0 bridgehead atoms. The van der Waals surface area contributed by atoms with Crippen molar-refractivity contribution in [3.63, 3.8) is 0 Å². The Morgan fingerprint density at radius 2 is 2.11 bits per heavy atom. The standard InChI is InChI=1S/C22H32N4O/c1-16-5-6-17(2)19(11-16)21-18(12-23-24-21)13-26-9-4-8-22(15-26)14-25(3)10-7-20(22)27/h5-6,11-12,20,27H,4,7-10,13-15H2,1-3H3,(H,23,24)/t20-,22-/m0/s1. The first-order valence-corrected chi connectivity index (χ1v) is 10.2. The third kappa shape index (κ3) is 3.68. The molecule has 2 aromatic rings. The number of hydrogen-bond donors (Lipinski definition) is 2. The van der Waals surface area contributed by atoms with Crippen LogP contribution in [0.2, 0.25) is 0 Å². The van der Waals surface area contributed by atoms with Crippen LogP contribution in [0.5, 0.6) is 0 Å². The van der Waals surface area contributed by atoms with Crippen molar-refractivity contribution in [2.45, 2.75) is 45.8 Å². The van der Waals surface area contributed by atoms with E-state index in [1.807, 2.05) is 6.20 Å². The Morgan fingerprint density at radius 3 is 2.96 bits per heavy atom. The Morgan fingerprint density at radius 1 is 1.26 bits per heavy atom. The number of H-pyrrole nitrogens is 1. The minimum absolute atomic E-state index is 0.0222. The van der Waals surface area contributed by atoms with E-state index in [0.717, 1.165) is 57.7 Å². The molecule has 5 nitrogen and oxygen atoms in total. The molecule has 5 heteroatoms. The van der Waals surface area contributed by atoms with Gasteiger partial charge in [0.05, 0.1) is 18.0 Å². The van der Waals surface area contributed by atoms with Gasteiger partial charge in [0.15, 0.2) is 0 Å². The topological polar surface area (TPSA) is 55.4 Å². The van der Waals surface area contributed by atoms with E-state index in [4.69, 9.17) is 0 Å². The molecule has 1 spiro atoms. The highest BCUT2D eigenvalue weighted by Crippen LogP contribution is 2.39. The first-order valence-electron chi connectivity index (χ1n) is 10.2. The lowest BCUT2D eigenvalue weighted by Crippen LogP contribution is -2.58. The summed E-state index contributed by atoms with van der Waals surface area (Å²) in [5.41, 5.74) is 6.18. The zero-order valence-corrected chi connectivity index (χ0v) is 16.8. The summed E-state index contributed by atoms with van der Waals surface area (Å²) < 4.78 is 0. The molecule has 1 aromatic heterocycles. The fourth-order valence-corrected chi connectivity index (χ4v) is 5.08. The van der Waals surface area contributed by atoms with Gasteiger partial charge in [-0.05, 0) is 58.3 Å². The SMILES string of the molecule is Cc1ccc(C)c(-c2[nH]ncc2CN2CCC[C@]3(CN(C)CC[C@@H]3O)C2)c1. The highest BCUT2D eigenvalue weighted by atomic mass is 16.3. The Labute approximate surface area is 162 Å². The van der Waals surface area contributed by atoms with Crippen molar-refractivity contribution in [1.82, 2.24) is 20.0 Å². The van der Waals surface area contributed by atoms with Gasteiger partial charge in [-0.1, -0.05) is 17.7 Å². The maximum atomic E-state index is 10.8. The first-order chi connectivity index (χ1) is 13.0. The van der Waals surface area contributed by atoms with Crippen molar-refractivity contribution in [2.75, 3.05) is 33.2 Å². The summed E-state index contributed by atoms with van der Waals surface area (Å²) in [6.07, 6.45) is 4.97. The summed E-state index contributed by atoms with van der Waals surface area (Å²) in [6.45, 7) is 9.24. The van der Waals surface area contributed by atoms with Gasteiger partial charge in [-0.15, -0.1) is 0 Å². The lowest BCUT2D eigenvalue weighted by molar-refractivity contribution is -0.0807. The minimum Gasteiger partial charge on any atom is -0.392 e. The van der Waals surface area contributed by atoms with Crippen LogP contribution in [-0.2, 0) is 6.54 Å². The van der Waals surface area contributed by atoms with Crippen LogP contribution in [0.15, 0.2) is 24.4 Å². The van der Waals surface area contributed by atoms with E-state index in [1.165, 1.54) is 22.3 Å². The number of aliphatic hydroxyl groups excluding tert-OH is 1. The molecule has 2 aliphatic rings. The molecule has 0 radical (unpaired) electrons. The van der Waals surface area contributed by atoms with Gasteiger partial charge in [-0.2, -0.15) is 5.10 Å². The number of nitrogens with one attached hydrogen (secondary N) is 1. The molecule has 0 aliphatic carbocycles. The van der Waals surface area contributed by atoms with Gasteiger partial charge in [-0.3, -0.25) is 10.00 Å². The smallest absolute Gasteiger partial charge is 0.0698 e. The van der Waals surface area contributed by atoms with Crippen LogP contribution in [-0.4, -0.2) is 64.4 Å². The minimum atomic E-state index is -0.181. The molecular weight excluding hydrogens is 336 g/mol. The summed E-state index contributed by atoms with van der Waals surface area (Å²) in [5, 5.41) is 18.4. The Balaban J connectivity index is 1.55. The number of nitrogens with zero attached hydrogens (tertiary/aromatic N) is 3. The van der Waals surface area contributed by atoms with Gasteiger partial charge in [-0.25, -0.2) is 0 Å². The van der Waals surface area contributed by atoms with Gasteiger partial charge >= 0.3 is 0 Å². The van der Waals surface area contributed by atoms with E-state index in [-0.39, 0.29) is 11.5 Å². The number of aliphatic hydroxyl groups is 1.